The van der Waals surface area contributed by atoms with Gasteiger partial charge < -0.3 is 20.1 Å². The van der Waals surface area contributed by atoms with E-state index in [1.165, 1.54) is 12.0 Å². The number of nitrogens with zero attached hydrogens (tertiary/aromatic N) is 1. The van der Waals surface area contributed by atoms with Gasteiger partial charge in [0, 0.05) is 6.04 Å². The molecular formula is C17H24N2O4. The third-order valence-electron chi connectivity index (χ3n) is 3.17. The van der Waals surface area contributed by atoms with Gasteiger partial charge in [-0.15, -0.1) is 0 Å². The van der Waals surface area contributed by atoms with Gasteiger partial charge in [-0.3, -0.25) is 9.59 Å². The highest BCUT2D eigenvalue weighted by Gasteiger charge is 2.20. The van der Waals surface area contributed by atoms with Crippen molar-refractivity contribution >= 4 is 17.9 Å². The maximum atomic E-state index is 12.2. The standard InChI is InChI=1S/C17H24N2O4/c1-5-6-13-7-8-14(15(9-13)22-4)23-11-17(21)19(12(2)3)10-16(18)20/h5-9,12H,10-11H2,1-4H3,(H2,18,20). The van der Waals surface area contributed by atoms with E-state index >= 15 is 0 Å². The van der Waals surface area contributed by atoms with E-state index in [-0.39, 0.29) is 25.1 Å². The minimum Gasteiger partial charge on any atom is -0.493 e. The van der Waals surface area contributed by atoms with Crippen molar-refractivity contribution < 1.29 is 19.1 Å². The van der Waals surface area contributed by atoms with E-state index in [0.29, 0.717) is 11.5 Å². The monoisotopic (exact) mass is 320 g/mol. The smallest absolute Gasteiger partial charge is 0.261 e. The molecule has 6 nitrogen and oxygen atoms in total. The second-order valence-electron chi connectivity index (χ2n) is 5.28. The summed E-state index contributed by atoms with van der Waals surface area (Å²) >= 11 is 0. The van der Waals surface area contributed by atoms with Gasteiger partial charge in [-0.05, 0) is 38.5 Å². The molecule has 0 aliphatic heterocycles. The zero-order chi connectivity index (χ0) is 17.4. The fraction of sp³-hybridized carbons (Fsp3) is 0.412. The summed E-state index contributed by atoms with van der Waals surface area (Å²) in [6.45, 7) is 5.23. The van der Waals surface area contributed by atoms with Crippen molar-refractivity contribution in [2.45, 2.75) is 26.8 Å². The van der Waals surface area contributed by atoms with Crippen LogP contribution in [-0.2, 0) is 9.59 Å². The highest BCUT2D eigenvalue weighted by atomic mass is 16.5. The van der Waals surface area contributed by atoms with E-state index in [9.17, 15) is 9.59 Å². The molecule has 0 atom stereocenters. The highest BCUT2D eigenvalue weighted by Crippen LogP contribution is 2.28. The molecule has 0 radical (unpaired) electrons. The quantitative estimate of drug-likeness (QED) is 0.792. The summed E-state index contributed by atoms with van der Waals surface area (Å²) in [6, 6.07) is 5.29. The van der Waals surface area contributed by atoms with Crippen LogP contribution in [0.2, 0.25) is 0 Å². The largest absolute Gasteiger partial charge is 0.493 e. The predicted octanol–water partition coefficient (Wildman–Crippen LogP) is 1.83. The zero-order valence-electron chi connectivity index (χ0n) is 14.0. The number of carbonyl (C=O) groups excluding carboxylic acids is 2. The van der Waals surface area contributed by atoms with Gasteiger partial charge in [-0.2, -0.15) is 0 Å². The van der Waals surface area contributed by atoms with E-state index in [1.54, 1.807) is 6.07 Å². The number of rotatable bonds is 8. The Morgan fingerprint density at radius 2 is 2.00 bits per heavy atom. The van der Waals surface area contributed by atoms with Crippen LogP contribution in [0.25, 0.3) is 6.08 Å². The van der Waals surface area contributed by atoms with Crippen LogP contribution in [-0.4, -0.2) is 43.0 Å². The molecule has 23 heavy (non-hydrogen) atoms. The Morgan fingerprint density at radius 1 is 1.30 bits per heavy atom. The minimum atomic E-state index is -0.555. The summed E-state index contributed by atoms with van der Waals surface area (Å²) in [5.74, 6) is 0.148. The average molecular weight is 320 g/mol. The molecule has 1 rings (SSSR count). The number of carbonyl (C=O) groups is 2. The van der Waals surface area contributed by atoms with E-state index in [0.717, 1.165) is 5.56 Å². The Kier molecular flexibility index (Phi) is 7.12. The molecule has 0 bridgehead atoms. The third kappa shape index (κ3) is 5.65. The Hall–Kier alpha value is -2.50. The first kappa shape index (κ1) is 18.5. The van der Waals surface area contributed by atoms with Crippen LogP contribution in [0, 0.1) is 0 Å². The lowest BCUT2D eigenvalue weighted by molar-refractivity contribution is -0.138. The topological polar surface area (TPSA) is 81.9 Å². The van der Waals surface area contributed by atoms with Gasteiger partial charge in [0.2, 0.25) is 5.91 Å². The molecule has 2 N–H and O–H groups in total. The lowest BCUT2D eigenvalue weighted by Gasteiger charge is -2.25. The molecule has 6 heteroatoms. The fourth-order valence-electron chi connectivity index (χ4n) is 2.05. The maximum Gasteiger partial charge on any atom is 0.261 e. The van der Waals surface area contributed by atoms with Crippen LogP contribution in [0.4, 0.5) is 0 Å². The summed E-state index contributed by atoms with van der Waals surface area (Å²) in [6.07, 6.45) is 3.86. The number of nitrogens with two attached hydrogens (primary N) is 1. The van der Waals surface area contributed by atoms with Crippen molar-refractivity contribution in [1.82, 2.24) is 4.90 Å². The first-order valence-corrected chi connectivity index (χ1v) is 7.40. The summed E-state index contributed by atoms with van der Waals surface area (Å²) < 4.78 is 10.8. The van der Waals surface area contributed by atoms with Crippen molar-refractivity contribution in [3.05, 3.63) is 29.8 Å². The molecule has 0 aromatic heterocycles. The van der Waals surface area contributed by atoms with Crippen LogP contribution >= 0.6 is 0 Å². The Bertz CT molecular complexity index is 582. The van der Waals surface area contributed by atoms with Gasteiger partial charge in [0.05, 0.1) is 13.7 Å². The molecule has 0 heterocycles. The Morgan fingerprint density at radius 3 is 2.52 bits per heavy atom. The number of benzene rings is 1. The van der Waals surface area contributed by atoms with Crippen molar-refractivity contribution in [2.75, 3.05) is 20.3 Å². The maximum absolute atomic E-state index is 12.2. The number of hydrogen-bond donors (Lipinski definition) is 1. The van der Waals surface area contributed by atoms with E-state index in [4.69, 9.17) is 15.2 Å². The molecule has 0 unspecified atom stereocenters. The van der Waals surface area contributed by atoms with Crippen molar-refractivity contribution in [3.8, 4) is 11.5 Å². The van der Waals surface area contributed by atoms with E-state index in [2.05, 4.69) is 0 Å². The van der Waals surface area contributed by atoms with Gasteiger partial charge in [0.1, 0.15) is 0 Å². The molecule has 0 aliphatic carbocycles. The lowest BCUT2D eigenvalue weighted by atomic mass is 10.2. The van der Waals surface area contributed by atoms with Crippen molar-refractivity contribution in [2.24, 2.45) is 5.73 Å². The number of methoxy groups -OCH3 is 1. The first-order chi connectivity index (χ1) is 10.9. The molecule has 0 saturated carbocycles. The molecule has 1 aromatic rings. The number of amides is 2. The van der Waals surface area contributed by atoms with Gasteiger partial charge in [0.15, 0.2) is 18.1 Å². The molecule has 2 amide bonds. The molecule has 0 spiro atoms. The summed E-state index contributed by atoms with van der Waals surface area (Å²) in [7, 11) is 1.54. The van der Waals surface area contributed by atoms with Gasteiger partial charge in [0.25, 0.3) is 5.91 Å². The molecule has 0 aliphatic rings. The Labute approximate surface area is 136 Å². The number of ether oxygens (including phenoxy) is 2. The van der Waals surface area contributed by atoms with Crippen LogP contribution in [0.15, 0.2) is 24.3 Å². The second kappa shape index (κ2) is 8.82. The summed E-state index contributed by atoms with van der Waals surface area (Å²) in [5, 5.41) is 0. The van der Waals surface area contributed by atoms with Gasteiger partial charge in [-0.1, -0.05) is 18.2 Å². The number of primary amides is 1. The van der Waals surface area contributed by atoms with Gasteiger partial charge >= 0.3 is 0 Å². The highest BCUT2D eigenvalue weighted by molar-refractivity contribution is 5.84. The lowest BCUT2D eigenvalue weighted by Crippen LogP contribution is -2.44. The number of hydrogen-bond acceptors (Lipinski definition) is 4. The van der Waals surface area contributed by atoms with Crippen molar-refractivity contribution in [3.63, 3.8) is 0 Å². The SMILES string of the molecule is CC=Cc1ccc(OCC(=O)N(CC(N)=O)C(C)C)c(OC)c1. The molecule has 1 aromatic carbocycles. The minimum absolute atomic E-state index is 0.128. The molecule has 0 saturated heterocycles. The summed E-state index contributed by atoms with van der Waals surface area (Å²) in [5.41, 5.74) is 6.14. The summed E-state index contributed by atoms with van der Waals surface area (Å²) in [4.78, 5) is 24.6. The second-order valence-corrected chi connectivity index (χ2v) is 5.28. The van der Waals surface area contributed by atoms with Crippen molar-refractivity contribution in [1.29, 1.82) is 0 Å². The van der Waals surface area contributed by atoms with E-state index < -0.39 is 5.91 Å². The third-order valence-corrected chi connectivity index (χ3v) is 3.17. The molecule has 0 fully saturated rings. The molecular weight excluding hydrogens is 296 g/mol. The normalized spacial score (nSPS) is 10.8. The van der Waals surface area contributed by atoms with Crippen LogP contribution in [0.1, 0.15) is 26.3 Å². The van der Waals surface area contributed by atoms with Crippen LogP contribution in [0.3, 0.4) is 0 Å². The first-order valence-electron chi connectivity index (χ1n) is 7.40. The Balaban J connectivity index is 2.80. The molecule has 126 valence electrons. The average Bonchev–Trinajstić information content (AvgIpc) is 2.50. The van der Waals surface area contributed by atoms with E-state index in [1.807, 2.05) is 45.1 Å². The number of allylic oxidation sites excluding steroid dienone is 1. The predicted molar refractivity (Wildman–Crippen MR) is 89.2 cm³/mol. The fourth-order valence-corrected chi connectivity index (χ4v) is 2.05. The van der Waals surface area contributed by atoms with Gasteiger partial charge in [-0.25, -0.2) is 0 Å². The van der Waals surface area contributed by atoms with Crippen LogP contribution < -0.4 is 15.2 Å². The van der Waals surface area contributed by atoms with Crippen LogP contribution in [0.5, 0.6) is 11.5 Å². The zero-order valence-corrected chi connectivity index (χ0v) is 14.0.